The van der Waals surface area contributed by atoms with E-state index in [1.54, 1.807) is 12.1 Å². The van der Waals surface area contributed by atoms with Crippen LogP contribution in [-0.4, -0.2) is 19.9 Å². The van der Waals surface area contributed by atoms with Crippen LogP contribution in [0.25, 0.3) is 22.6 Å². The minimum Gasteiger partial charge on any atom is -0.305 e. The smallest absolute Gasteiger partial charge is 0.279 e. The summed E-state index contributed by atoms with van der Waals surface area (Å²) in [6.07, 6.45) is 2.87. The SMILES string of the molecule is O=c1[nH]c(-c2cccc(F)c2)nc2nccnc12. The second kappa shape index (κ2) is 3.99. The van der Waals surface area contributed by atoms with Gasteiger partial charge in [0.15, 0.2) is 11.2 Å². The molecule has 0 aliphatic carbocycles. The highest BCUT2D eigenvalue weighted by Gasteiger charge is 2.07. The van der Waals surface area contributed by atoms with Crippen molar-refractivity contribution in [3.63, 3.8) is 0 Å². The second-order valence-electron chi connectivity index (χ2n) is 3.65. The van der Waals surface area contributed by atoms with Gasteiger partial charge in [-0.25, -0.2) is 19.3 Å². The molecule has 2 heterocycles. The molecule has 18 heavy (non-hydrogen) atoms. The molecule has 0 aliphatic rings. The summed E-state index contributed by atoms with van der Waals surface area (Å²) in [6, 6.07) is 5.82. The minimum atomic E-state index is -0.396. The van der Waals surface area contributed by atoms with Crippen LogP contribution < -0.4 is 5.56 Å². The summed E-state index contributed by atoms with van der Waals surface area (Å²) in [6.45, 7) is 0. The number of nitrogens with one attached hydrogen (secondary N) is 1. The number of nitrogens with zero attached hydrogens (tertiary/aromatic N) is 3. The second-order valence-corrected chi connectivity index (χ2v) is 3.65. The van der Waals surface area contributed by atoms with E-state index in [4.69, 9.17) is 0 Å². The molecule has 0 atom stereocenters. The average Bonchev–Trinajstić information content (AvgIpc) is 2.39. The first kappa shape index (κ1) is 10.5. The summed E-state index contributed by atoms with van der Waals surface area (Å²) in [5, 5.41) is 0. The van der Waals surface area contributed by atoms with Gasteiger partial charge in [0.05, 0.1) is 0 Å². The van der Waals surface area contributed by atoms with E-state index in [9.17, 15) is 9.18 Å². The van der Waals surface area contributed by atoms with Gasteiger partial charge in [0.25, 0.3) is 5.56 Å². The Morgan fingerprint density at radius 2 is 2.00 bits per heavy atom. The number of hydrogen-bond acceptors (Lipinski definition) is 4. The zero-order chi connectivity index (χ0) is 12.5. The quantitative estimate of drug-likeness (QED) is 0.702. The molecule has 6 heteroatoms. The number of aromatic nitrogens is 4. The van der Waals surface area contributed by atoms with Gasteiger partial charge in [0, 0.05) is 18.0 Å². The number of fused-ring (bicyclic) bond motifs is 1. The highest BCUT2D eigenvalue weighted by Crippen LogP contribution is 2.15. The van der Waals surface area contributed by atoms with Crippen molar-refractivity contribution in [3.8, 4) is 11.4 Å². The van der Waals surface area contributed by atoms with Gasteiger partial charge in [-0.2, -0.15) is 0 Å². The molecule has 3 rings (SSSR count). The summed E-state index contributed by atoms with van der Waals surface area (Å²) in [7, 11) is 0. The van der Waals surface area contributed by atoms with Gasteiger partial charge in [0.1, 0.15) is 11.6 Å². The zero-order valence-electron chi connectivity index (χ0n) is 9.09. The molecule has 2 aromatic heterocycles. The maximum absolute atomic E-state index is 13.1. The van der Waals surface area contributed by atoms with Crippen LogP contribution in [0.15, 0.2) is 41.5 Å². The summed E-state index contributed by atoms with van der Waals surface area (Å²) in [5.41, 5.74) is 0.491. The van der Waals surface area contributed by atoms with E-state index in [0.717, 1.165) is 0 Å². The fourth-order valence-electron chi connectivity index (χ4n) is 1.65. The normalized spacial score (nSPS) is 10.7. The fourth-order valence-corrected chi connectivity index (χ4v) is 1.65. The predicted molar refractivity (Wildman–Crippen MR) is 63.3 cm³/mol. The van der Waals surface area contributed by atoms with E-state index in [0.29, 0.717) is 5.56 Å². The van der Waals surface area contributed by atoms with E-state index >= 15 is 0 Å². The van der Waals surface area contributed by atoms with Crippen molar-refractivity contribution in [1.29, 1.82) is 0 Å². The summed E-state index contributed by atoms with van der Waals surface area (Å²) >= 11 is 0. The van der Waals surface area contributed by atoms with E-state index in [1.165, 1.54) is 24.5 Å². The lowest BCUT2D eigenvalue weighted by Gasteiger charge is -2.01. The highest BCUT2D eigenvalue weighted by atomic mass is 19.1. The molecule has 5 nitrogen and oxygen atoms in total. The lowest BCUT2D eigenvalue weighted by Crippen LogP contribution is -2.11. The Morgan fingerprint density at radius 1 is 1.17 bits per heavy atom. The third kappa shape index (κ3) is 1.73. The number of hydrogen-bond donors (Lipinski definition) is 1. The average molecular weight is 242 g/mol. The molecule has 0 radical (unpaired) electrons. The van der Waals surface area contributed by atoms with Crippen LogP contribution in [0.1, 0.15) is 0 Å². The Kier molecular flexibility index (Phi) is 2.33. The van der Waals surface area contributed by atoms with Crippen molar-refractivity contribution in [2.75, 3.05) is 0 Å². The Bertz CT molecular complexity index is 784. The van der Waals surface area contributed by atoms with Crippen LogP contribution in [0.2, 0.25) is 0 Å². The molecule has 0 saturated heterocycles. The third-order valence-electron chi connectivity index (χ3n) is 2.44. The molecule has 0 saturated carbocycles. The molecular formula is C12H7FN4O. The van der Waals surface area contributed by atoms with Gasteiger partial charge in [-0.15, -0.1) is 0 Å². The number of rotatable bonds is 1. The molecule has 1 aromatic carbocycles. The van der Waals surface area contributed by atoms with Crippen LogP contribution in [0, 0.1) is 5.82 Å². The van der Waals surface area contributed by atoms with Gasteiger partial charge in [0.2, 0.25) is 0 Å². The van der Waals surface area contributed by atoms with Crippen LogP contribution in [-0.2, 0) is 0 Å². The maximum atomic E-state index is 13.1. The molecule has 0 spiro atoms. The first-order chi connectivity index (χ1) is 8.74. The molecule has 0 aliphatic heterocycles. The van der Waals surface area contributed by atoms with Gasteiger partial charge in [-0.05, 0) is 12.1 Å². The molecule has 0 bridgehead atoms. The van der Waals surface area contributed by atoms with Crippen molar-refractivity contribution < 1.29 is 4.39 Å². The van der Waals surface area contributed by atoms with Crippen LogP contribution in [0.3, 0.4) is 0 Å². The standard InChI is InChI=1S/C12H7FN4O/c13-8-3-1-2-7(6-8)10-16-11-9(12(18)17-10)14-4-5-15-11/h1-6H,(H,15,16,17,18). The summed E-state index contributed by atoms with van der Waals surface area (Å²) in [4.78, 5) is 26.3. The molecule has 0 amide bonds. The van der Waals surface area contributed by atoms with E-state index in [-0.39, 0.29) is 17.0 Å². The van der Waals surface area contributed by atoms with Crippen LogP contribution >= 0.6 is 0 Å². The lowest BCUT2D eigenvalue weighted by molar-refractivity contribution is 0.628. The minimum absolute atomic E-state index is 0.164. The Morgan fingerprint density at radius 3 is 2.83 bits per heavy atom. The Balaban J connectivity index is 2.28. The van der Waals surface area contributed by atoms with E-state index in [2.05, 4.69) is 19.9 Å². The van der Waals surface area contributed by atoms with Crippen LogP contribution in [0.4, 0.5) is 4.39 Å². The topological polar surface area (TPSA) is 71.5 Å². The van der Waals surface area contributed by atoms with Crippen molar-refractivity contribution in [2.45, 2.75) is 0 Å². The van der Waals surface area contributed by atoms with Gasteiger partial charge in [-0.1, -0.05) is 12.1 Å². The van der Waals surface area contributed by atoms with Gasteiger partial charge in [-0.3, -0.25) is 4.79 Å². The molecule has 88 valence electrons. The summed E-state index contributed by atoms with van der Waals surface area (Å²) in [5.74, 6) is -0.123. The maximum Gasteiger partial charge on any atom is 0.279 e. The molecular weight excluding hydrogens is 235 g/mol. The van der Waals surface area contributed by atoms with Gasteiger partial charge < -0.3 is 4.98 Å². The van der Waals surface area contributed by atoms with Crippen LogP contribution in [0.5, 0.6) is 0 Å². The fraction of sp³-hybridized carbons (Fsp3) is 0. The van der Waals surface area contributed by atoms with E-state index < -0.39 is 11.4 Å². The summed E-state index contributed by atoms with van der Waals surface area (Å²) < 4.78 is 13.1. The molecule has 3 aromatic rings. The molecule has 0 fully saturated rings. The number of halogens is 1. The van der Waals surface area contributed by atoms with Crippen molar-refractivity contribution in [1.82, 2.24) is 19.9 Å². The highest BCUT2D eigenvalue weighted by molar-refractivity contribution is 5.71. The van der Waals surface area contributed by atoms with Gasteiger partial charge >= 0.3 is 0 Å². The number of H-pyrrole nitrogens is 1. The Labute approximate surface area is 100 Å². The first-order valence-corrected chi connectivity index (χ1v) is 5.21. The number of aromatic amines is 1. The zero-order valence-corrected chi connectivity index (χ0v) is 9.09. The van der Waals surface area contributed by atoms with E-state index in [1.807, 2.05) is 0 Å². The first-order valence-electron chi connectivity index (χ1n) is 5.21. The predicted octanol–water partition coefficient (Wildman–Crippen LogP) is 1.52. The van der Waals surface area contributed by atoms with Crippen molar-refractivity contribution in [2.24, 2.45) is 0 Å². The Hall–Kier alpha value is -2.63. The lowest BCUT2D eigenvalue weighted by atomic mass is 10.2. The van der Waals surface area contributed by atoms with Crippen molar-refractivity contribution in [3.05, 3.63) is 52.8 Å². The molecule has 0 unspecified atom stereocenters. The largest absolute Gasteiger partial charge is 0.305 e. The monoisotopic (exact) mass is 242 g/mol. The number of benzene rings is 1. The van der Waals surface area contributed by atoms with Crippen molar-refractivity contribution >= 4 is 11.2 Å². The third-order valence-corrected chi connectivity index (χ3v) is 2.44. The molecule has 1 N–H and O–H groups in total.